The van der Waals surface area contributed by atoms with Gasteiger partial charge in [0.05, 0.1) is 18.8 Å². The molecule has 1 amide bonds. The highest BCUT2D eigenvalue weighted by Crippen LogP contribution is 2.40. The molecule has 4 nitrogen and oxygen atoms in total. The second-order valence-electron chi connectivity index (χ2n) is 7.67. The molecule has 2 atom stereocenters. The average Bonchev–Trinajstić information content (AvgIpc) is 3.13. The zero-order valence-corrected chi connectivity index (χ0v) is 16.0. The smallest absolute Gasteiger partial charge is 0.222 e. The van der Waals surface area contributed by atoms with Gasteiger partial charge in [-0.25, -0.2) is 0 Å². The van der Waals surface area contributed by atoms with E-state index in [9.17, 15) is 4.79 Å². The van der Waals surface area contributed by atoms with Gasteiger partial charge < -0.3 is 14.4 Å². The normalized spacial score (nSPS) is 33.5. The van der Waals surface area contributed by atoms with Gasteiger partial charge in [0.2, 0.25) is 5.91 Å². The minimum absolute atomic E-state index is 0.269. The van der Waals surface area contributed by atoms with Crippen molar-refractivity contribution in [3.63, 3.8) is 0 Å². The highest BCUT2D eigenvalue weighted by molar-refractivity contribution is 8.77. The van der Waals surface area contributed by atoms with E-state index in [1.54, 1.807) is 0 Å². The van der Waals surface area contributed by atoms with Gasteiger partial charge in [-0.3, -0.25) is 4.79 Å². The lowest BCUT2D eigenvalue weighted by atomic mass is 9.94. The number of ether oxygens (including phenoxy) is 2. The molecule has 6 heteroatoms. The van der Waals surface area contributed by atoms with Crippen LogP contribution in [0.2, 0.25) is 0 Å². The van der Waals surface area contributed by atoms with Gasteiger partial charge in [-0.2, -0.15) is 0 Å². The minimum atomic E-state index is -0.278. The van der Waals surface area contributed by atoms with Crippen LogP contribution in [0, 0.1) is 0 Å². The van der Waals surface area contributed by atoms with Crippen molar-refractivity contribution < 1.29 is 14.3 Å². The molecule has 3 aliphatic heterocycles. The monoisotopic (exact) mass is 359 g/mol. The van der Waals surface area contributed by atoms with E-state index in [2.05, 4.69) is 13.8 Å². The minimum Gasteiger partial charge on any atom is -0.378 e. The fraction of sp³-hybridized carbons (Fsp3) is 0.941. The maximum absolute atomic E-state index is 12.6. The van der Waals surface area contributed by atoms with Crippen LogP contribution in [-0.2, 0) is 14.3 Å². The first kappa shape index (κ1) is 17.9. The lowest BCUT2D eigenvalue weighted by Gasteiger charge is -2.48. The summed E-state index contributed by atoms with van der Waals surface area (Å²) in [6.45, 7) is 6.93. The van der Waals surface area contributed by atoms with Crippen molar-refractivity contribution in [3.05, 3.63) is 0 Å². The molecule has 3 aliphatic rings. The Morgan fingerprint density at radius 2 is 2.17 bits per heavy atom. The molecule has 0 aromatic heterocycles. The van der Waals surface area contributed by atoms with Crippen molar-refractivity contribution in [1.29, 1.82) is 0 Å². The van der Waals surface area contributed by atoms with Gasteiger partial charge in [-0.05, 0) is 33.1 Å². The Morgan fingerprint density at radius 1 is 1.30 bits per heavy atom. The van der Waals surface area contributed by atoms with Crippen molar-refractivity contribution in [2.75, 3.05) is 32.1 Å². The maximum Gasteiger partial charge on any atom is 0.222 e. The summed E-state index contributed by atoms with van der Waals surface area (Å²) < 4.78 is 11.8. The molecule has 3 fully saturated rings. The van der Waals surface area contributed by atoms with E-state index in [4.69, 9.17) is 9.47 Å². The summed E-state index contributed by atoms with van der Waals surface area (Å²) in [6, 6.07) is 0. The van der Waals surface area contributed by atoms with Crippen molar-refractivity contribution in [2.45, 2.75) is 68.8 Å². The molecule has 0 aromatic rings. The number of carbonyl (C=O) groups excluding carboxylic acids is 1. The summed E-state index contributed by atoms with van der Waals surface area (Å²) in [5.41, 5.74) is -0.547. The van der Waals surface area contributed by atoms with Crippen molar-refractivity contribution >= 4 is 27.5 Å². The lowest BCUT2D eigenvalue weighted by Crippen LogP contribution is -2.61. The number of amides is 1. The largest absolute Gasteiger partial charge is 0.378 e. The highest BCUT2D eigenvalue weighted by Gasteiger charge is 2.47. The van der Waals surface area contributed by atoms with E-state index >= 15 is 0 Å². The number of rotatable bonds is 5. The number of hydrogen-bond acceptors (Lipinski definition) is 5. The zero-order chi connectivity index (χ0) is 16.3. The van der Waals surface area contributed by atoms with Gasteiger partial charge in [0.1, 0.15) is 5.60 Å². The Morgan fingerprint density at radius 3 is 2.87 bits per heavy atom. The standard InChI is InChI=1S/C17H29NO3S2/c1-16(2)11-18(12-17(21-16)8-9-20-13-17)15(19)6-4-3-5-14-7-10-22-23-14/h14H,3-13H2,1-2H3. The molecule has 0 saturated carbocycles. The SMILES string of the molecule is CC1(C)CN(C(=O)CCCCC2CCSS2)CC2(CCOC2)O1. The first-order chi connectivity index (χ1) is 11.0. The number of hydrogen-bond donors (Lipinski definition) is 0. The second-order valence-corrected chi connectivity index (χ2v) is 10.5. The summed E-state index contributed by atoms with van der Waals surface area (Å²) >= 11 is 0. The van der Waals surface area contributed by atoms with Crippen molar-refractivity contribution in [3.8, 4) is 0 Å². The topological polar surface area (TPSA) is 38.8 Å². The third kappa shape index (κ3) is 4.80. The molecule has 0 bridgehead atoms. The summed E-state index contributed by atoms with van der Waals surface area (Å²) in [5, 5.41) is 0.816. The number of nitrogens with zero attached hydrogens (tertiary/aromatic N) is 1. The maximum atomic E-state index is 12.6. The number of carbonyl (C=O) groups is 1. The summed E-state index contributed by atoms with van der Waals surface area (Å²) in [6.07, 6.45) is 6.36. The van der Waals surface area contributed by atoms with Crippen LogP contribution in [0.1, 0.15) is 52.4 Å². The van der Waals surface area contributed by atoms with E-state index in [1.165, 1.54) is 25.0 Å². The number of morpholine rings is 1. The van der Waals surface area contributed by atoms with Crippen LogP contribution in [0.4, 0.5) is 0 Å². The van der Waals surface area contributed by atoms with E-state index in [-0.39, 0.29) is 11.2 Å². The quantitative estimate of drug-likeness (QED) is 0.555. The molecule has 3 saturated heterocycles. The Labute approximate surface area is 147 Å². The fourth-order valence-electron chi connectivity index (χ4n) is 3.85. The molecular weight excluding hydrogens is 330 g/mol. The third-order valence-electron chi connectivity index (χ3n) is 4.86. The van der Waals surface area contributed by atoms with E-state index < -0.39 is 0 Å². The van der Waals surface area contributed by atoms with Crippen molar-refractivity contribution in [1.82, 2.24) is 4.90 Å². The molecular formula is C17H29NO3S2. The summed E-state index contributed by atoms with van der Waals surface area (Å²) in [7, 11) is 4.03. The first-order valence-electron chi connectivity index (χ1n) is 8.82. The molecule has 0 radical (unpaired) electrons. The van der Waals surface area contributed by atoms with E-state index in [0.29, 0.717) is 32.0 Å². The molecule has 0 N–H and O–H groups in total. The summed E-state index contributed by atoms with van der Waals surface area (Å²) in [5.74, 6) is 1.59. The predicted octanol–water partition coefficient (Wildman–Crippen LogP) is 3.50. The van der Waals surface area contributed by atoms with Gasteiger partial charge in [-0.15, -0.1) is 0 Å². The Hall–Kier alpha value is 0.0900. The first-order valence-corrected chi connectivity index (χ1v) is 11.2. The van der Waals surface area contributed by atoms with Crippen LogP contribution < -0.4 is 0 Å². The molecule has 2 unspecified atom stereocenters. The second kappa shape index (κ2) is 7.54. The van der Waals surface area contributed by atoms with Crippen LogP contribution in [0.25, 0.3) is 0 Å². The molecule has 3 heterocycles. The van der Waals surface area contributed by atoms with Gasteiger partial charge >= 0.3 is 0 Å². The van der Waals surface area contributed by atoms with Crippen LogP contribution in [0.5, 0.6) is 0 Å². The Kier molecular flexibility index (Phi) is 5.87. The van der Waals surface area contributed by atoms with Crippen molar-refractivity contribution in [2.24, 2.45) is 0 Å². The fourth-order valence-corrected chi connectivity index (χ4v) is 6.88. The molecule has 0 aliphatic carbocycles. The molecule has 0 aromatic carbocycles. The van der Waals surface area contributed by atoms with Gasteiger partial charge in [0.15, 0.2) is 0 Å². The average molecular weight is 360 g/mol. The molecule has 132 valence electrons. The van der Waals surface area contributed by atoms with Gasteiger partial charge in [0.25, 0.3) is 0 Å². The van der Waals surface area contributed by atoms with E-state index in [1.807, 2.05) is 26.5 Å². The zero-order valence-electron chi connectivity index (χ0n) is 14.3. The van der Waals surface area contributed by atoms with Gasteiger partial charge in [0, 0.05) is 37.0 Å². The van der Waals surface area contributed by atoms with Crippen LogP contribution in [0.3, 0.4) is 0 Å². The molecule has 3 rings (SSSR count). The Bertz CT molecular complexity index is 418. The summed E-state index contributed by atoms with van der Waals surface area (Å²) in [4.78, 5) is 14.7. The predicted molar refractivity (Wildman–Crippen MR) is 96.8 cm³/mol. The Balaban J connectivity index is 1.45. The molecule has 23 heavy (non-hydrogen) atoms. The molecule has 1 spiro atoms. The van der Waals surface area contributed by atoms with Crippen LogP contribution >= 0.6 is 21.6 Å². The lowest BCUT2D eigenvalue weighted by molar-refractivity contribution is -0.199. The third-order valence-corrected chi connectivity index (χ3v) is 7.86. The van der Waals surface area contributed by atoms with Crippen LogP contribution in [-0.4, -0.2) is 59.3 Å². The van der Waals surface area contributed by atoms with Gasteiger partial charge in [-0.1, -0.05) is 28.0 Å². The van der Waals surface area contributed by atoms with Crippen LogP contribution in [0.15, 0.2) is 0 Å². The number of unbranched alkanes of at least 4 members (excludes halogenated alkanes) is 1. The van der Waals surface area contributed by atoms with E-state index in [0.717, 1.165) is 24.7 Å². The highest BCUT2D eigenvalue weighted by atomic mass is 33.1.